The van der Waals surface area contributed by atoms with Crippen LogP contribution in [0.1, 0.15) is 11.1 Å². The summed E-state index contributed by atoms with van der Waals surface area (Å²) in [6.45, 7) is 0.367. The first kappa shape index (κ1) is 11.0. The first-order chi connectivity index (χ1) is 8.29. The van der Waals surface area contributed by atoms with Gasteiger partial charge in [-0.3, -0.25) is 4.98 Å². The van der Waals surface area contributed by atoms with E-state index in [0.29, 0.717) is 23.6 Å². The van der Waals surface area contributed by atoms with Crippen LogP contribution >= 0.6 is 0 Å². The lowest BCUT2D eigenvalue weighted by Gasteiger charge is -2.08. The van der Waals surface area contributed by atoms with Gasteiger partial charge in [-0.25, -0.2) is 0 Å². The minimum absolute atomic E-state index is 0.367. The average molecular weight is 225 g/mol. The van der Waals surface area contributed by atoms with Gasteiger partial charge in [0, 0.05) is 29.7 Å². The molecule has 17 heavy (non-hydrogen) atoms. The summed E-state index contributed by atoms with van der Waals surface area (Å²) in [6, 6.07) is 10.8. The maximum absolute atomic E-state index is 8.92. The minimum Gasteiger partial charge on any atom is -0.487 e. The number of pyridine rings is 1. The van der Waals surface area contributed by atoms with Gasteiger partial charge >= 0.3 is 0 Å². The quantitative estimate of drug-likeness (QED) is 0.812. The highest BCUT2D eigenvalue weighted by Gasteiger charge is 2.04. The number of rotatable bonds is 3. The summed E-state index contributed by atoms with van der Waals surface area (Å²) in [5.41, 5.74) is 7.64. The summed E-state index contributed by atoms with van der Waals surface area (Å²) in [4.78, 5) is 3.99. The van der Waals surface area contributed by atoms with Crippen molar-refractivity contribution in [1.82, 2.24) is 4.98 Å². The molecule has 2 N–H and O–H groups in total. The van der Waals surface area contributed by atoms with Crippen molar-refractivity contribution in [3.05, 3.63) is 53.9 Å². The molecule has 0 amide bonds. The molecule has 1 aromatic carbocycles. The molecular formula is C13H11N3O. The molecule has 1 heterocycles. The van der Waals surface area contributed by atoms with Crippen LogP contribution in [0.3, 0.4) is 0 Å². The summed E-state index contributed by atoms with van der Waals surface area (Å²) in [5.74, 6) is 0.497. The van der Waals surface area contributed by atoms with E-state index in [1.165, 1.54) is 0 Å². The molecule has 0 aliphatic heterocycles. The maximum atomic E-state index is 8.92. The number of nitrogens with zero attached hydrogens (tertiary/aromatic N) is 2. The second-order valence-electron chi connectivity index (χ2n) is 3.52. The summed E-state index contributed by atoms with van der Waals surface area (Å²) < 4.78 is 5.55. The van der Waals surface area contributed by atoms with Gasteiger partial charge in [0.25, 0.3) is 0 Å². The predicted molar refractivity (Wildman–Crippen MR) is 64.1 cm³/mol. The Hall–Kier alpha value is -2.54. The molecule has 0 bridgehead atoms. The molecule has 2 rings (SSSR count). The van der Waals surface area contributed by atoms with Crippen LogP contribution in [-0.4, -0.2) is 4.98 Å². The van der Waals surface area contributed by atoms with Crippen molar-refractivity contribution in [3.63, 3.8) is 0 Å². The SMILES string of the molecule is N#Cc1ccc(N)cc1OCc1cccnc1. The average Bonchev–Trinajstić information content (AvgIpc) is 2.38. The first-order valence-corrected chi connectivity index (χ1v) is 5.11. The van der Waals surface area contributed by atoms with Gasteiger partial charge in [-0.2, -0.15) is 5.26 Å². The van der Waals surface area contributed by atoms with Crippen molar-refractivity contribution < 1.29 is 4.74 Å². The molecule has 0 fully saturated rings. The van der Waals surface area contributed by atoms with Gasteiger partial charge in [0.1, 0.15) is 18.4 Å². The molecule has 2 aromatic rings. The summed E-state index contributed by atoms with van der Waals surface area (Å²) >= 11 is 0. The molecule has 0 aliphatic carbocycles. The third-order valence-corrected chi connectivity index (χ3v) is 2.24. The van der Waals surface area contributed by atoms with Crippen LogP contribution in [-0.2, 0) is 6.61 Å². The lowest BCUT2D eigenvalue weighted by Crippen LogP contribution is -1.98. The number of hydrogen-bond acceptors (Lipinski definition) is 4. The molecule has 0 atom stereocenters. The maximum Gasteiger partial charge on any atom is 0.139 e. The highest BCUT2D eigenvalue weighted by molar-refractivity contribution is 5.52. The minimum atomic E-state index is 0.367. The van der Waals surface area contributed by atoms with E-state index in [1.807, 2.05) is 12.1 Å². The number of ether oxygens (including phenoxy) is 1. The van der Waals surface area contributed by atoms with Crippen molar-refractivity contribution in [2.24, 2.45) is 0 Å². The van der Waals surface area contributed by atoms with Gasteiger partial charge in [-0.05, 0) is 18.2 Å². The Bertz CT molecular complexity index is 546. The van der Waals surface area contributed by atoms with Gasteiger partial charge in [0.05, 0.1) is 5.56 Å². The Morgan fingerprint density at radius 2 is 2.24 bits per heavy atom. The molecule has 0 unspecified atom stereocenters. The highest BCUT2D eigenvalue weighted by Crippen LogP contribution is 2.21. The zero-order valence-electron chi connectivity index (χ0n) is 9.13. The number of nitriles is 1. The van der Waals surface area contributed by atoms with Crippen LogP contribution in [0, 0.1) is 11.3 Å². The van der Waals surface area contributed by atoms with Crippen molar-refractivity contribution >= 4 is 5.69 Å². The van der Waals surface area contributed by atoms with Gasteiger partial charge in [0.2, 0.25) is 0 Å². The van der Waals surface area contributed by atoms with Crippen molar-refractivity contribution in [1.29, 1.82) is 5.26 Å². The fourth-order valence-corrected chi connectivity index (χ4v) is 1.40. The van der Waals surface area contributed by atoms with E-state index in [2.05, 4.69) is 11.1 Å². The Labute approximate surface area is 99.3 Å². The molecule has 1 aromatic heterocycles. The highest BCUT2D eigenvalue weighted by atomic mass is 16.5. The molecule has 4 heteroatoms. The number of aromatic nitrogens is 1. The standard InChI is InChI=1S/C13H11N3O/c14-7-11-3-4-12(15)6-13(11)17-9-10-2-1-5-16-8-10/h1-6,8H,9,15H2. The van der Waals surface area contributed by atoms with E-state index < -0.39 is 0 Å². The smallest absolute Gasteiger partial charge is 0.139 e. The Morgan fingerprint density at radius 3 is 2.94 bits per heavy atom. The molecule has 0 saturated carbocycles. The molecule has 84 valence electrons. The van der Waals surface area contributed by atoms with Crippen LogP contribution in [0.5, 0.6) is 5.75 Å². The summed E-state index contributed by atoms with van der Waals surface area (Å²) in [5, 5.41) is 8.92. The van der Waals surface area contributed by atoms with Crippen molar-refractivity contribution in [3.8, 4) is 11.8 Å². The van der Waals surface area contributed by atoms with Gasteiger partial charge in [-0.15, -0.1) is 0 Å². The Balaban J connectivity index is 2.14. The fraction of sp³-hybridized carbons (Fsp3) is 0.0769. The van der Waals surface area contributed by atoms with Gasteiger partial charge in [-0.1, -0.05) is 6.07 Å². The molecule has 0 spiro atoms. The number of nitrogens with two attached hydrogens (primary N) is 1. The monoisotopic (exact) mass is 225 g/mol. The van der Waals surface area contributed by atoms with Gasteiger partial charge in [0.15, 0.2) is 0 Å². The van der Waals surface area contributed by atoms with E-state index in [4.69, 9.17) is 15.7 Å². The zero-order chi connectivity index (χ0) is 12.1. The van der Waals surface area contributed by atoms with Crippen molar-refractivity contribution in [2.45, 2.75) is 6.61 Å². The lowest BCUT2D eigenvalue weighted by molar-refractivity contribution is 0.305. The van der Waals surface area contributed by atoms with Crippen LogP contribution in [0.2, 0.25) is 0 Å². The normalized spacial score (nSPS) is 9.59. The van der Waals surface area contributed by atoms with E-state index in [-0.39, 0.29) is 0 Å². The molecule has 0 radical (unpaired) electrons. The fourth-order valence-electron chi connectivity index (χ4n) is 1.40. The Kier molecular flexibility index (Phi) is 3.22. The number of nitrogen functional groups attached to an aromatic ring is 1. The Morgan fingerprint density at radius 1 is 1.35 bits per heavy atom. The van der Waals surface area contributed by atoms with Crippen LogP contribution < -0.4 is 10.5 Å². The zero-order valence-corrected chi connectivity index (χ0v) is 9.13. The van der Waals surface area contributed by atoms with E-state index >= 15 is 0 Å². The third kappa shape index (κ3) is 2.73. The molecular weight excluding hydrogens is 214 g/mol. The molecule has 4 nitrogen and oxygen atoms in total. The topological polar surface area (TPSA) is 71.9 Å². The first-order valence-electron chi connectivity index (χ1n) is 5.11. The van der Waals surface area contributed by atoms with Crippen molar-refractivity contribution in [2.75, 3.05) is 5.73 Å². The third-order valence-electron chi connectivity index (χ3n) is 2.24. The number of benzene rings is 1. The van der Waals surface area contributed by atoms with E-state index in [9.17, 15) is 0 Å². The summed E-state index contributed by atoms with van der Waals surface area (Å²) in [7, 11) is 0. The summed E-state index contributed by atoms with van der Waals surface area (Å²) in [6.07, 6.45) is 3.42. The van der Waals surface area contributed by atoms with Crippen LogP contribution in [0.4, 0.5) is 5.69 Å². The van der Waals surface area contributed by atoms with E-state index in [0.717, 1.165) is 5.56 Å². The second-order valence-corrected chi connectivity index (χ2v) is 3.52. The second kappa shape index (κ2) is 4.99. The van der Waals surface area contributed by atoms with Gasteiger partial charge < -0.3 is 10.5 Å². The number of hydrogen-bond donors (Lipinski definition) is 1. The van der Waals surface area contributed by atoms with E-state index in [1.54, 1.807) is 30.6 Å². The largest absolute Gasteiger partial charge is 0.487 e. The number of anilines is 1. The van der Waals surface area contributed by atoms with Crippen LogP contribution in [0.15, 0.2) is 42.7 Å². The molecule has 0 aliphatic rings. The predicted octanol–water partition coefficient (Wildman–Crippen LogP) is 2.11. The lowest BCUT2D eigenvalue weighted by atomic mass is 10.2. The molecule has 0 saturated heterocycles. The van der Waals surface area contributed by atoms with Crippen LogP contribution in [0.25, 0.3) is 0 Å².